The molecule has 0 bridgehead atoms. The van der Waals surface area contributed by atoms with Gasteiger partial charge in [-0.1, -0.05) is 25.0 Å². The first kappa shape index (κ1) is 25.4. The van der Waals surface area contributed by atoms with Gasteiger partial charge < -0.3 is 10.0 Å². The van der Waals surface area contributed by atoms with Crippen molar-refractivity contribution in [2.75, 3.05) is 19.6 Å². The van der Waals surface area contributed by atoms with Gasteiger partial charge in [0, 0.05) is 31.1 Å². The van der Waals surface area contributed by atoms with Crippen molar-refractivity contribution in [3.8, 4) is 0 Å². The number of piperidine rings is 1. The summed E-state index contributed by atoms with van der Waals surface area (Å²) < 4.78 is 16.1. The Hall–Kier alpha value is -2.21. The molecule has 5 rings (SSSR count). The highest BCUT2D eigenvalue weighted by Gasteiger charge is 2.39. The van der Waals surface area contributed by atoms with Crippen LogP contribution in [0.5, 0.6) is 0 Å². The maximum Gasteiger partial charge on any atom is 0.306 e. The highest BCUT2D eigenvalue weighted by molar-refractivity contribution is 5.70. The van der Waals surface area contributed by atoms with Gasteiger partial charge in [-0.3, -0.25) is 9.48 Å². The Morgan fingerprint density at radius 2 is 1.86 bits per heavy atom. The van der Waals surface area contributed by atoms with Gasteiger partial charge in [0.25, 0.3) is 0 Å². The van der Waals surface area contributed by atoms with Crippen molar-refractivity contribution in [1.29, 1.82) is 0 Å². The average Bonchev–Trinajstić information content (AvgIpc) is 3.42. The molecule has 196 valence electrons. The van der Waals surface area contributed by atoms with Gasteiger partial charge in [0.1, 0.15) is 5.82 Å². The second-order valence-corrected chi connectivity index (χ2v) is 11.8. The number of benzene rings is 1. The summed E-state index contributed by atoms with van der Waals surface area (Å²) in [4.78, 5) is 14.5. The lowest BCUT2D eigenvalue weighted by Gasteiger charge is -2.33. The van der Waals surface area contributed by atoms with Crippen LogP contribution in [0, 0.1) is 36.4 Å². The summed E-state index contributed by atoms with van der Waals surface area (Å²) in [6.45, 7) is 8.12. The molecule has 5 nitrogen and oxygen atoms in total. The summed E-state index contributed by atoms with van der Waals surface area (Å²) in [6.07, 6.45) is 9.68. The third-order valence-corrected chi connectivity index (χ3v) is 9.06. The fourth-order valence-electron chi connectivity index (χ4n) is 6.74. The van der Waals surface area contributed by atoms with E-state index in [0.29, 0.717) is 35.7 Å². The minimum absolute atomic E-state index is 0.117. The Morgan fingerprint density at radius 3 is 2.53 bits per heavy atom. The molecule has 2 saturated carbocycles. The van der Waals surface area contributed by atoms with Gasteiger partial charge in [0.05, 0.1) is 11.6 Å². The van der Waals surface area contributed by atoms with Crippen LogP contribution in [0.4, 0.5) is 4.39 Å². The number of halogens is 1. The standard InChI is InChI=1S/C30H42FN3O2/c1-3-34-29(18-26(32-34)15-22-5-4-20(2)28(31)17-22)24-10-12-33(13-11-24)19-23-8-9-25(14-23)27(30(35)36)16-21-6-7-21/h4-5,17-18,21,23-25,27H,3,6-16,19H2,1-2H3,(H,35,36). The molecule has 6 heteroatoms. The van der Waals surface area contributed by atoms with E-state index in [1.165, 1.54) is 25.0 Å². The molecule has 2 aromatic rings. The number of hydrogen-bond acceptors (Lipinski definition) is 3. The molecule has 0 spiro atoms. The van der Waals surface area contributed by atoms with Crippen LogP contribution in [0.1, 0.15) is 86.7 Å². The fraction of sp³-hybridized carbons (Fsp3) is 0.667. The highest BCUT2D eigenvalue weighted by atomic mass is 19.1. The first-order chi connectivity index (χ1) is 17.4. The zero-order chi connectivity index (χ0) is 25.2. The molecule has 1 saturated heterocycles. The molecule has 36 heavy (non-hydrogen) atoms. The van der Waals surface area contributed by atoms with Crippen LogP contribution in [0.2, 0.25) is 0 Å². The van der Waals surface area contributed by atoms with Gasteiger partial charge in [-0.05, 0) is 106 Å². The molecule has 1 aromatic carbocycles. The smallest absolute Gasteiger partial charge is 0.306 e. The van der Waals surface area contributed by atoms with Crippen LogP contribution in [-0.4, -0.2) is 45.4 Å². The Labute approximate surface area is 215 Å². The summed E-state index contributed by atoms with van der Waals surface area (Å²) in [6, 6.07) is 7.73. The van der Waals surface area contributed by atoms with Crippen molar-refractivity contribution >= 4 is 5.97 Å². The fourth-order valence-corrected chi connectivity index (χ4v) is 6.74. The van der Waals surface area contributed by atoms with E-state index in [-0.39, 0.29) is 11.7 Å². The minimum atomic E-state index is -0.562. The predicted octanol–water partition coefficient (Wildman–Crippen LogP) is 6.04. The molecule has 3 fully saturated rings. The number of carboxylic acid groups (broad SMARTS) is 1. The lowest BCUT2D eigenvalue weighted by atomic mass is 9.85. The molecule has 3 aliphatic rings. The van der Waals surface area contributed by atoms with Gasteiger partial charge in [-0.15, -0.1) is 0 Å². The third kappa shape index (κ3) is 6.01. The van der Waals surface area contributed by atoms with Gasteiger partial charge in [-0.25, -0.2) is 4.39 Å². The van der Waals surface area contributed by atoms with Gasteiger partial charge >= 0.3 is 5.97 Å². The van der Waals surface area contributed by atoms with E-state index in [1.54, 1.807) is 13.0 Å². The molecule has 0 amide bonds. The second kappa shape index (κ2) is 11.0. The Kier molecular flexibility index (Phi) is 7.80. The molecular formula is C30H42FN3O2. The van der Waals surface area contributed by atoms with E-state index < -0.39 is 5.97 Å². The summed E-state index contributed by atoms with van der Waals surface area (Å²) in [5.74, 6) is 1.40. The largest absolute Gasteiger partial charge is 0.481 e. The third-order valence-electron chi connectivity index (χ3n) is 9.06. The number of carbonyl (C=O) groups is 1. The number of hydrogen-bond donors (Lipinski definition) is 1. The van der Waals surface area contributed by atoms with E-state index >= 15 is 0 Å². The maximum atomic E-state index is 14.0. The Balaban J connectivity index is 1.13. The van der Waals surface area contributed by atoms with Crippen LogP contribution >= 0.6 is 0 Å². The first-order valence-electron chi connectivity index (χ1n) is 14.2. The van der Waals surface area contributed by atoms with Gasteiger partial charge in [-0.2, -0.15) is 5.10 Å². The summed E-state index contributed by atoms with van der Waals surface area (Å²) >= 11 is 0. The topological polar surface area (TPSA) is 58.4 Å². The van der Waals surface area contributed by atoms with Crippen molar-refractivity contribution < 1.29 is 14.3 Å². The van der Waals surface area contributed by atoms with Crippen LogP contribution in [-0.2, 0) is 17.8 Å². The predicted molar refractivity (Wildman–Crippen MR) is 140 cm³/mol. The minimum Gasteiger partial charge on any atom is -0.481 e. The molecular weight excluding hydrogens is 453 g/mol. The molecule has 0 radical (unpaired) electrons. The number of aliphatic carboxylic acids is 1. The van der Waals surface area contributed by atoms with E-state index in [4.69, 9.17) is 5.10 Å². The summed E-state index contributed by atoms with van der Waals surface area (Å²) in [7, 11) is 0. The normalized spacial score (nSPS) is 24.3. The molecule has 3 unspecified atom stereocenters. The van der Waals surface area contributed by atoms with Crippen LogP contribution in [0.15, 0.2) is 24.3 Å². The molecule has 1 aromatic heterocycles. The molecule has 2 heterocycles. The van der Waals surface area contributed by atoms with Crippen LogP contribution in [0.3, 0.4) is 0 Å². The van der Waals surface area contributed by atoms with E-state index in [0.717, 1.165) is 69.5 Å². The monoisotopic (exact) mass is 495 g/mol. The number of aryl methyl sites for hydroxylation is 2. The van der Waals surface area contributed by atoms with E-state index in [2.05, 4.69) is 22.6 Å². The maximum absolute atomic E-state index is 14.0. The average molecular weight is 496 g/mol. The quantitative estimate of drug-likeness (QED) is 0.437. The number of rotatable bonds is 10. The van der Waals surface area contributed by atoms with Crippen molar-refractivity contribution in [1.82, 2.24) is 14.7 Å². The molecule has 2 aliphatic carbocycles. The number of aromatic nitrogens is 2. The zero-order valence-electron chi connectivity index (χ0n) is 22.0. The summed E-state index contributed by atoms with van der Waals surface area (Å²) in [5, 5.41) is 14.6. The molecule has 3 atom stereocenters. The Morgan fingerprint density at radius 1 is 1.11 bits per heavy atom. The second-order valence-electron chi connectivity index (χ2n) is 11.8. The van der Waals surface area contributed by atoms with Crippen LogP contribution < -0.4 is 0 Å². The van der Waals surface area contributed by atoms with Crippen molar-refractivity contribution in [3.63, 3.8) is 0 Å². The lowest BCUT2D eigenvalue weighted by molar-refractivity contribution is -0.144. The first-order valence-corrected chi connectivity index (χ1v) is 14.2. The Bertz CT molecular complexity index is 1050. The van der Waals surface area contributed by atoms with E-state index in [9.17, 15) is 14.3 Å². The van der Waals surface area contributed by atoms with Gasteiger partial charge in [0.15, 0.2) is 0 Å². The summed E-state index contributed by atoms with van der Waals surface area (Å²) in [5.41, 5.74) is 3.99. The number of likely N-dealkylation sites (tertiary alicyclic amines) is 1. The van der Waals surface area contributed by atoms with Crippen molar-refractivity contribution in [3.05, 3.63) is 52.6 Å². The molecule has 1 N–H and O–H groups in total. The van der Waals surface area contributed by atoms with E-state index in [1.807, 2.05) is 12.1 Å². The SMILES string of the molecule is CCn1nc(Cc2ccc(C)c(F)c2)cc1C1CCN(CC2CCC(C(CC3CC3)C(=O)O)C2)CC1. The number of carboxylic acids is 1. The van der Waals surface area contributed by atoms with Crippen molar-refractivity contribution in [2.45, 2.75) is 84.1 Å². The lowest BCUT2D eigenvalue weighted by Crippen LogP contribution is -2.36. The molecule has 1 aliphatic heterocycles. The zero-order valence-corrected chi connectivity index (χ0v) is 22.0. The number of nitrogens with zero attached hydrogens (tertiary/aromatic N) is 3. The van der Waals surface area contributed by atoms with Crippen molar-refractivity contribution in [2.24, 2.45) is 23.7 Å². The van der Waals surface area contributed by atoms with Crippen LogP contribution in [0.25, 0.3) is 0 Å². The highest BCUT2D eigenvalue weighted by Crippen LogP contribution is 2.44. The van der Waals surface area contributed by atoms with Gasteiger partial charge in [0.2, 0.25) is 0 Å².